The number of aromatic nitrogens is 1. The minimum atomic E-state index is 0.664. The molecule has 1 aromatic heterocycles. The van der Waals surface area contributed by atoms with Gasteiger partial charge in [-0.3, -0.25) is 4.79 Å². The van der Waals surface area contributed by atoms with Gasteiger partial charge in [0.2, 0.25) is 0 Å². The Morgan fingerprint density at radius 3 is 2.61 bits per heavy atom. The Hall–Kier alpha value is -1.90. The van der Waals surface area contributed by atoms with Crippen molar-refractivity contribution in [1.82, 2.24) is 4.98 Å². The molecule has 0 aliphatic heterocycles. The predicted octanol–water partition coefficient (Wildman–Crippen LogP) is 3.20. The number of hydrogen-bond donors (Lipinski definition) is 0. The smallest absolute Gasteiger partial charge is 0.153 e. The molecular weight excluding hydrogens is 224 g/mol. The lowest BCUT2D eigenvalue weighted by molar-refractivity contribution is 0.112. The van der Waals surface area contributed by atoms with E-state index in [1.165, 1.54) is 0 Å². The lowest BCUT2D eigenvalue weighted by Crippen LogP contribution is -2.24. The molecular formula is C15H18N2O. The third-order valence-electron chi connectivity index (χ3n) is 3.25. The van der Waals surface area contributed by atoms with E-state index in [2.05, 4.69) is 23.7 Å². The molecule has 3 nitrogen and oxygen atoms in total. The van der Waals surface area contributed by atoms with Gasteiger partial charge in [0.05, 0.1) is 11.1 Å². The van der Waals surface area contributed by atoms with Crippen molar-refractivity contribution < 1.29 is 4.79 Å². The summed E-state index contributed by atoms with van der Waals surface area (Å²) in [5.74, 6) is 0.789. The lowest BCUT2D eigenvalue weighted by atomic mass is 10.1. The van der Waals surface area contributed by atoms with E-state index in [4.69, 9.17) is 0 Å². The zero-order valence-electron chi connectivity index (χ0n) is 11.1. The van der Waals surface area contributed by atoms with Crippen LogP contribution in [0.4, 0.5) is 5.82 Å². The van der Waals surface area contributed by atoms with E-state index in [0.29, 0.717) is 5.56 Å². The molecule has 0 unspecified atom stereocenters. The summed E-state index contributed by atoms with van der Waals surface area (Å²) in [7, 11) is 0. The molecule has 0 atom stereocenters. The van der Waals surface area contributed by atoms with E-state index in [1.807, 2.05) is 31.2 Å². The lowest BCUT2D eigenvalue weighted by Gasteiger charge is -2.22. The summed E-state index contributed by atoms with van der Waals surface area (Å²) in [6.45, 7) is 7.88. The zero-order valence-corrected chi connectivity index (χ0v) is 11.1. The summed E-state index contributed by atoms with van der Waals surface area (Å²) < 4.78 is 0. The normalized spacial score (nSPS) is 10.6. The van der Waals surface area contributed by atoms with Gasteiger partial charge in [0.25, 0.3) is 0 Å². The van der Waals surface area contributed by atoms with E-state index in [9.17, 15) is 4.79 Å². The van der Waals surface area contributed by atoms with Gasteiger partial charge in [0, 0.05) is 18.5 Å². The molecule has 0 saturated heterocycles. The van der Waals surface area contributed by atoms with Gasteiger partial charge < -0.3 is 4.90 Å². The standard InChI is InChI=1S/C15H18N2O/c1-4-17(5-2)15-13(10-18)9-12-8-6-7-11(3)14(12)16-15/h6-10H,4-5H2,1-3H3. The number of fused-ring (bicyclic) bond motifs is 1. The van der Waals surface area contributed by atoms with Crippen molar-refractivity contribution in [2.45, 2.75) is 20.8 Å². The van der Waals surface area contributed by atoms with Crippen molar-refractivity contribution in [1.29, 1.82) is 0 Å². The first-order chi connectivity index (χ1) is 8.71. The molecule has 0 fully saturated rings. The number of nitrogens with zero attached hydrogens (tertiary/aromatic N) is 2. The minimum absolute atomic E-state index is 0.664. The number of carbonyl (C=O) groups excluding carboxylic acids is 1. The maximum absolute atomic E-state index is 11.2. The Morgan fingerprint density at radius 1 is 1.28 bits per heavy atom. The number of para-hydroxylation sites is 1. The fourth-order valence-electron chi connectivity index (χ4n) is 2.22. The van der Waals surface area contributed by atoms with Crippen LogP contribution in [-0.2, 0) is 0 Å². The largest absolute Gasteiger partial charge is 0.357 e. The molecule has 1 aromatic carbocycles. The topological polar surface area (TPSA) is 33.2 Å². The fourth-order valence-corrected chi connectivity index (χ4v) is 2.22. The average molecular weight is 242 g/mol. The molecule has 0 aliphatic rings. The SMILES string of the molecule is CCN(CC)c1nc2c(C)cccc2cc1C=O. The van der Waals surface area contributed by atoms with Crippen LogP contribution < -0.4 is 4.90 Å². The van der Waals surface area contributed by atoms with Crippen LogP contribution in [-0.4, -0.2) is 24.4 Å². The molecule has 0 spiro atoms. The second-order valence-electron chi connectivity index (χ2n) is 4.34. The molecule has 0 N–H and O–H groups in total. The maximum atomic E-state index is 11.2. The highest BCUT2D eigenvalue weighted by Crippen LogP contribution is 2.24. The third-order valence-corrected chi connectivity index (χ3v) is 3.25. The first-order valence-corrected chi connectivity index (χ1v) is 6.31. The Kier molecular flexibility index (Phi) is 3.60. The van der Waals surface area contributed by atoms with Gasteiger partial charge in [-0.05, 0) is 32.4 Å². The first kappa shape index (κ1) is 12.6. The van der Waals surface area contributed by atoms with Gasteiger partial charge in [0.15, 0.2) is 6.29 Å². The van der Waals surface area contributed by atoms with Crippen molar-refractivity contribution in [2.75, 3.05) is 18.0 Å². The molecule has 18 heavy (non-hydrogen) atoms. The molecule has 0 saturated carbocycles. The maximum Gasteiger partial charge on any atom is 0.153 e. The van der Waals surface area contributed by atoms with Gasteiger partial charge in [-0.1, -0.05) is 18.2 Å². The van der Waals surface area contributed by atoms with Gasteiger partial charge >= 0.3 is 0 Å². The van der Waals surface area contributed by atoms with E-state index in [1.54, 1.807) is 0 Å². The molecule has 0 aliphatic carbocycles. The molecule has 0 radical (unpaired) electrons. The second-order valence-corrected chi connectivity index (χ2v) is 4.34. The van der Waals surface area contributed by atoms with Gasteiger partial charge in [0.1, 0.15) is 5.82 Å². The van der Waals surface area contributed by atoms with E-state index >= 15 is 0 Å². The molecule has 2 aromatic rings. The third kappa shape index (κ3) is 2.08. The number of carbonyl (C=O) groups is 1. The van der Waals surface area contributed by atoms with E-state index in [0.717, 1.165) is 41.7 Å². The summed E-state index contributed by atoms with van der Waals surface area (Å²) >= 11 is 0. The Bertz CT molecular complexity index is 574. The van der Waals surface area contributed by atoms with E-state index < -0.39 is 0 Å². The Morgan fingerprint density at radius 2 is 2.00 bits per heavy atom. The number of aldehydes is 1. The van der Waals surface area contributed by atoms with Crippen molar-refractivity contribution in [3.8, 4) is 0 Å². The van der Waals surface area contributed by atoms with Crippen molar-refractivity contribution >= 4 is 23.0 Å². The zero-order chi connectivity index (χ0) is 13.1. The quantitative estimate of drug-likeness (QED) is 0.772. The van der Waals surface area contributed by atoms with Crippen LogP contribution in [0.2, 0.25) is 0 Å². The summed E-state index contributed by atoms with van der Waals surface area (Å²) in [5, 5.41) is 1.02. The minimum Gasteiger partial charge on any atom is -0.357 e. The number of hydrogen-bond acceptors (Lipinski definition) is 3. The van der Waals surface area contributed by atoms with Gasteiger partial charge in [-0.15, -0.1) is 0 Å². The van der Waals surface area contributed by atoms with Crippen molar-refractivity contribution in [3.63, 3.8) is 0 Å². The number of benzene rings is 1. The summed E-state index contributed by atoms with van der Waals surface area (Å²) in [6, 6.07) is 7.96. The second kappa shape index (κ2) is 5.17. The van der Waals surface area contributed by atoms with E-state index in [-0.39, 0.29) is 0 Å². The Balaban J connectivity index is 2.71. The molecule has 0 bridgehead atoms. The van der Waals surface area contributed by atoms with Crippen LogP contribution in [0.25, 0.3) is 10.9 Å². The van der Waals surface area contributed by atoms with Crippen LogP contribution in [0.3, 0.4) is 0 Å². The number of pyridine rings is 1. The number of rotatable bonds is 4. The molecule has 0 amide bonds. The average Bonchev–Trinajstić information content (AvgIpc) is 2.40. The van der Waals surface area contributed by atoms with Gasteiger partial charge in [-0.25, -0.2) is 4.98 Å². The highest BCUT2D eigenvalue weighted by Gasteiger charge is 2.12. The van der Waals surface area contributed by atoms with Crippen LogP contribution in [0.15, 0.2) is 24.3 Å². The molecule has 1 heterocycles. The predicted molar refractivity (Wildman–Crippen MR) is 75.4 cm³/mol. The molecule has 2 rings (SSSR count). The van der Waals surface area contributed by atoms with Crippen LogP contribution in [0, 0.1) is 6.92 Å². The van der Waals surface area contributed by atoms with Gasteiger partial charge in [-0.2, -0.15) is 0 Å². The fraction of sp³-hybridized carbons (Fsp3) is 0.333. The summed E-state index contributed by atoms with van der Waals surface area (Å²) in [4.78, 5) is 18.0. The number of anilines is 1. The molecule has 94 valence electrons. The Labute approximate surface area is 107 Å². The number of aryl methyl sites for hydroxylation is 1. The summed E-state index contributed by atoms with van der Waals surface area (Å²) in [5.41, 5.74) is 2.78. The molecule has 3 heteroatoms. The summed E-state index contributed by atoms with van der Waals surface area (Å²) in [6.07, 6.45) is 0.891. The van der Waals surface area contributed by atoms with Crippen LogP contribution in [0.5, 0.6) is 0 Å². The van der Waals surface area contributed by atoms with Crippen LogP contribution in [0.1, 0.15) is 29.8 Å². The first-order valence-electron chi connectivity index (χ1n) is 6.31. The van der Waals surface area contributed by atoms with Crippen molar-refractivity contribution in [3.05, 3.63) is 35.4 Å². The highest BCUT2D eigenvalue weighted by molar-refractivity contribution is 5.92. The van der Waals surface area contributed by atoms with Crippen LogP contribution >= 0.6 is 0 Å². The van der Waals surface area contributed by atoms with Crippen molar-refractivity contribution in [2.24, 2.45) is 0 Å². The highest BCUT2D eigenvalue weighted by atomic mass is 16.1. The monoisotopic (exact) mass is 242 g/mol.